The summed E-state index contributed by atoms with van der Waals surface area (Å²) >= 11 is 5.71. The minimum Gasteiger partial charge on any atom is -0.508 e. The van der Waals surface area contributed by atoms with E-state index in [1.165, 1.54) is 18.2 Å². The summed E-state index contributed by atoms with van der Waals surface area (Å²) in [5.41, 5.74) is 6.79. The molecule has 1 aromatic carbocycles. The zero-order valence-electron chi connectivity index (χ0n) is 8.07. The Labute approximate surface area is 95.9 Å². The molecule has 0 aliphatic rings. The lowest BCUT2D eigenvalue weighted by molar-refractivity contribution is -0.124. The van der Waals surface area contributed by atoms with E-state index >= 15 is 0 Å². The summed E-state index contributed by atoms with van der Waals surface area (Å²) in [4.78, 5) is 26.2. The van der Waals surface area contributed by atoms with Crippen LogP contribution in [0.15, 0.2) is 18.2 Å². The van der Waals surface area contributed by atoms with Crippen molar-refractivity contribution in [3.05, 3.63) is 28.8 Å². The van der Waals surface area contributed by atoms with Gasteiger partial charge in [-0.3, -0.25) is 14.4 Å². The molecule has 0 aromatic heterocycles. The molecule has 0 radical (unpaired) electrons. The van der Waals surface area contributed by atoms with Gasteiger partial charge in [0.05, 0.1) is 10.6 Å². The highest BCUT2D eigenvalue weighted by Gasteiger charge is 2.11. The average Bonchev–Trinajstić information content (AvgIpc) is 2.21. The van der Waals surface area contributed by atoms with Gasteiger partial charge in [0.2, 0.25) is 5.91 Å². The molecule has 0 heterocycles. The van der Waals surface area contributed by atoms with Crippen LogP contribution in [0.1, 0.15) is 10.4 Å². The molecule has 0 saturated carbocycles. The first-order valence-corrected chi connectivity index (χ1v) is 4.57. The molecule has 0 unspecified atom stereocenters. The first kappa shape index (κ1) is 12.3. The smallest absolute Gasteiger partial charge is 0.276 e. The molecule has 0 spiro atoms. The number of aromatic hydroxyl groups is 1. The van der Waals surface area contributed by atoms with Crippen LogP contribution in [0.4, 0.5) is 0 Å². The highest BCUT2D eigenvalue weighted by Crippen LogP contribution is 2.20. The van der Waals surface area contributed by atoms with Gasteiger partial charge >= 0.3 is 0 Å². The fourth-order valence-corrected chi connectivity index (χ4v) is 1.12. The quantitative estimate of drug-likeness (QED) is 0.658. The predicted molar refractivity (Wildman–Crippen MR) is 55.7 cm³/mol. The maximum Gasteiger partial charge on any atom is 0.276 e. The monoisotopic (exact) mass is 244 g/mol. The number of rotatable bonds is 4. The van der Waals surface area contributed by atoms with Gasteiger partial charge < -0.3 is 10.8 Å². The van der Waals surface area contributed by atoms with Gasteiger partial charge in [0.1, 0.15) is 5.75 Å². The number of hydrogen-bond donors (Lipinski definition) is 3. The minimum absolute atomic E-state index is 0.0335. The van der Waals surface area contributed by atoms with Crippen molar-refractivity contribution in [2.24, 2.45) is 5.73 Å². The van der Waals surface area contributed by atoms with E-state index in [1.807, 2.05) is 5.48 Å². The third kappa shape index (κ3) is 3.41. The number of phenolic OH excluding ortho intramolecular Hbond substituents is 1. The normalized spacial score (nSPS) is 9.81. The maximum atomic E-state index is 11.4. The lowest BCUT2D eigenvalue weighted by Crippen LogP contribution is -2.29. The first-order chi connectivity index (χ1) is 7.50. The van der Waals surface area contributed by atoms with E-state index < -0.39 is 18.4 Å². The second kappa shape index (κ2) is 5.34. The lowest BCUT2D eigenvalue weighted by Gasteiger charge is -2.06. The molecule has 86 valence electrons. The molecule has 2 amide bonds. The highest BCUT2D eigenvalue weighted by atomic mass is 35.5. The summed E-state index contributed by atoms with van der Waals surface area (Å²) in [5, 5.41) is 9.30. The standard InChI is InChI=1S/C9H9ClN2O4/c10-7-2-1-5(13)3-6(7)9(15)12-16-4-8(11)14/h1-3,13H,4H2,(H2,11,14)(H,12,15). The van der Waals surface area contributed by atoms with Crippen LogP contribution in [0.5, 0.6) is 5.75 Å². The summed E-state index contributed by atoms with van der Waals surface area (Å²) in [6.45, 7) is -0.442. The molecular formula is C9H9ClN2O4. The van der Waals surface area contributed by atoms with Gasteiger partial charge in [-0.2, -0.15) is 0 Å². The average molecular weight is 245 g/mol. The number of benzene rings is 1. The molecule has 1 aromatic rings. The number of hydroxylamine groups is 1. The summed E-state index contributed by atoms with van der Waals surface area (Å²) in [6.07, 6.45) is 0. The third-order valence-corrected chi connectivity index (χ3v) is 1.90. The van der Waals surface area contributed by atoms with E-state index in [9.17, 15) is 9.59 Å². The van der Waals surface area contributed by atoms with Gasteiger partial charge in [-0.15, -0.1) is 0 Å². The molecule has 0 aliphatic carbocycles. The van der Waals surface area contributed by atoms with Gasteiger partial charge in [0, 0.05) is 0 Å². The number of primary amides is 1. The molecular weight excluding hydrogens is 236 g/mol. The largest absolute Gasteiger partial charge is 0.508 e. The van der Waals surface area contributed by atoms with E-state index in [0.29, 0.717) is 0 Å². The van der Waals surface area contributed by atoms with Crippen LogP contribution in [-0.4, -0.2) is 23.5 Å². The van der Waals surface area contributed by atoms with Gasteiger partial charge in [-0.1, -0.05) is 11.6 Å². The number of halogens is 1. The Morgan fingerprint density at radius 2 is 2.19 bits per heavy atom. The van der Waals surface area contributed by atoms with Crippen LogP contribution in [-0.2, 0) is 9.63 Å². The number of hydrogen-bond acceptors (Lipinski definition) is 4. The fourth-order valence-electron chi connectivity index (χ4n) is 0.915. The summed E-state index contributed by atoms with van der Waals surface area (Å²) in [6, 6.07) is 3.87. The predicted octanol–water partition coefficient (Wildman–Crippen LogP) is 0.192. The molecule has 16 heavy (non-hydrogen) atoms. The Morgan fingerprint density at radius 1 is 1.50 bits per heavy atom. The first-order valence-electron chi connectivity index (χ1n) is 4.19. The van der Waals surface area contributed by atoms with E-state index in [0.717, 1.165) is 0 Å². The fraction of sp³-hybridized carbons (Fsp3) is 0.111. The van der Waals surface area contributed by atoms with Crippen LogP contribution in [0.3, 0.4) is 0 Å². The van der Waals surface area contributed by atoms with Crippen molar-refractivity contribution in [1.29, 1.82) is 0 Å². The molecule has 4 N–H and O–H groups in total. The van der Waals surface area contributed by atoms with Crippen LogP contribution in [0.25, 0.3) is 0 Å². The van der Waals surface area contributed by atoms with Crippen molar-refractivity contribution >= 4 is 23.4 Å². The molecule has 0 atom stereocenters. The molecule has 0 saturated heterocycles. The van der Waals surface area contributed by atoms with Crippen LogP contribution >= 0.6 is 11.6 Å². The number of nitrogens with two attached hydrogens (primary N) is 1. The van der Waals surface area contributed by atoms with Gasteiger partial charge in [-0.25, -0.2) is 5.48 Å². The Morgan fingerprint density at radius 3 is 2.81 bits per heavy atom. The minimum atomic E-state index is -0.720. The van der Waals surface area contributed by atoms with Crippen molar-refractivity contribution in [3.8, 4) is 5.75 Å². The van der Waals surface area contributed by atoms with E-state index in [4.69, 9.17) is 22.4 Å². The Balaban J connectivity index is 2.65. The van der Waals surface area contributed by atoms with Gasteiger partial charge in [0.15, 0.2) is 6.61 Å². The molecule has 6 nitrogen and oxygen atoms in total. The number of carbonyl (C=O) groups is 2. The highest BCUT2D eigenvalue weighted by molar-refractivity contribution is 6.33. The molecule has 7 heteroatoms. The number of nitrogens with one attached hydrogen (secondary N) is 1. The van der Waals surface area contributed by atoms with Gasteiger partial charge in [-0.05, 0) is 18.2 Å². The summed E-state index contributed by atoms with van der Waals surface area (Å²) in [5.74, 6) is -1.51. The van der Waals surface area contributed by atoms with Crippen LogP contribution in [0.2, 0.25) is 5.02 Å². The Kier molecular flexibility index (Phi) is 4.10. The van der Waals surface area contributed by atoms with E-state index in [-0.39, 0.29) is 16.3 Å². The summed E-state index contributed by atoms with van der Waals surface area (Å²) < 4.78 is 0. The number of phenols is 1. The molecule has 1 rings (SSSR count). The topological polar surface area (TPSA) is 102 Å². The van der Waals surface area contributed by atoms with Crippen LogP contribution < -0.4 is 11.2 Å². The Bertz CT molecular complexity index is 422. The summed E-state index contributed by atoms with van der Waals surface area (Å²) in [7, 11) is 0. The number of carbonyl (C=O) groups excluding carboxylic acids is 2. The van der Waals surface area contributed by atoms with E-state index in [2.05, 4.69) is 4.84 Å². The van der Waals surface area contributed by atoms with Crippen molar-refractivity contribution in [2.75, 3.05) is 6.61 Å². The second-order valence-corrected chi connectivity index (χ2v) is 3.26. The molecule has 0 bridgehead atoms. The SMILES string of the molecule is NC(=O)CONC(=O)c1cc(O)ccc1Cl. The molecule has 0 fully saturated rings. The molecule has 0 aliphatic heterocycles. The second-order valence-electron chi connectivity index (χ2n) is 2.85. The third-order valence-electron chi connectivity index (χ3n) is 1.57. The zero-order valence-corrected chi connectivity index (χ0v) is 8.82. The zero-order chi connectivity index (χ0) is 12.1. The van der Waals surface area contributed by atoms with Crippen molar-refractivity contribution < 1.29 is 19.5 Å². The Hall–Kier alpha value is -1.79. The maximum absolute atomic E-state index is 11.4. The van der Waals surface area contributed by atoms with Crippen molar-refractivity contribution in [3.63, 3.8) is 0 Å². The number of amides is 2. The van der Waals surface area contributed by atoms with Crippen LogP contribution in [0, 0.1) is 0 Å². The van der Waals surface area contributed by atoms with Crippen molar-refractivity contribution in [1.82, 2.24) is 5.48 Å². The lowest BCUT2D eigenvalue weighted by atomic mass is 10.2. The van der Waals surface area contributed by atoms with E-state index in [1.54, 1.807) is 0 Å². The van der Waals surface area contributed by atoms with Crippen molar-refractivity contribution in [2.45, 2.75) is 0 Å². The van der Waals surface area contributed by atoms with Gasteiger partial charge in [0.25, 0.3) is 5.91 Å².